The maximum Gasteiger partial charge on any atom is 0.257 e. The van der Waals surface area contributed by atoms with E-state index in [1.165, 1.54) is 0 Å². The minimum Gasteiger partial charge on any atom is -0.492 e. The molecule has 0 aliphatic carbocycles. The molecule has 0 unspecified atom stereocenters. The molecule has 1 amide bonds. The second kappa shape index (κ2) is 8.02. The molecule has 4 rings (SSSR count). The number of thiazole rings is 1. The van der Waals surface area contributed by atoms with E-state index in [0.717, 1.165) is 40.2 Å². The zero-order valence-corrected chi connectivity index (χ0v) is 16.5. The number of nitrogens with one attached hydrogen (secondary N) is 1. The third kappa shape index (κ3) is 3.73. The number of amides is 1. The number of hydrogen-bond donors (Lipinski definition) is 1. The van der Waals surface area contributed by atoms with Crippen LogP contribution in [-0.4, -0.2) is 43.2 Å². The zero-order valence-electron chi connectivity index (χ0n) is 15.7. The van der Waals surface area contributed by atoms with Crippen molar-refractivity contribution in [2.75, 3.05) is 27.4 Å². The lowest BCUT2D eigenvalue weighted by atomic mass is 10.1. The lowest BCUT2D eigenvalue weighted by Crippen LogP contribution is -2.14. The number of nitrogens with zero attached hydrogens (tertiary/aromatic N) is 2. The number of carbonyl (C=O) groups excluding carboxylic acids is 1. The predicted octanol–water partition coefficient (Wildman–Crippen LogP) is 3.28. The summed E-state index contributed by atoms with van der Waals surface area (Å²) in [6.07, 6.45) is 1.41. The smallest absolute Gasteiger partial charge is 0.257 e. The maximum atomic E-state index is 11.3. The second-order valence-corrected chi connectivity index (χ2v) is 7.45. The Bertz CT molecular complexity index is 1000. The summed E-state index contributed by atoms with van der Waals surface area (Å²) in [6.45, 7) is 1.28. The molecule has 0 bridgehead atoms. The van der Waals surface area contributed by atoms with Crippen molar-refractivity contribution >= 4 is 27.5 Å². The predicted molar refractivity (Wildman–Crippen MR) is 107 cm³/mol. The quantitative estimate of drug-likeness (QED) is 0.657. The van der Waals surface area contributed by atoms with Gasteiger partial charge in [-0.15, -0.1) is 11.3 Å². The molecule has 0 spiro atoms. The van der Waals surface area contributed by atoms with Crippen molar-refractivity contribution < 1.29 is 19.0 Å². The molecule has 8 heteroatoms. The van der Waals surface area contributed by atoms with Crippen LogP contribution in [0.3, 0.4) is 0 Å². The second-order valence-electron chi connectivity index (χ2n) is 6.59. The Balaban J connectivity index is 1.59. The van der Waals surface area contributed by atoms with Gasteiger partial charge in [-0.1, -0.05) is 0 Å². The minimum absolute atomic E-state index is 0.122. The third-order valence-electron chi connectivity index (χ3n) is 4.78. The van der Waals surface area contributed by atoms with Crippen molar-refractivity contribution in [3.8, 4) is 28.6 Å². The van der Waals surface area contributed by atoms with Crippen LogP contribution < -0.4 is 19.5 Å². The van der Waals surface area contributed by atoms with Crippen LogP contribution in [0, 0.1) is 5.92 Å². The molecule has 1 atom stereocenters. The van der Waals surface area contributed by atoms with Gasteiger partial charge in [0.25, 0.3) is 5.88 Å². The first-order valence-electron chi connectivity index (χ1n) is 9.04. The van der Waals surface area contributed by atoms with Crippen LogP contribution in [0.4, 0.5) is 0 Å². The summed E-state index contributed by atoms with van der Waals surface area (Å²) in [7, 11) is 3.15. The van der Waals surface area contributed by atoms with E-state index in [1.54, 1.807) is 25.6 Å². The SMILES string of the molecule is COc1ccc(-c2cc(OCC[C@H]3CNC(=O)C3)c3scnc3c2)nc1OC. The Morgan fingerprint density at radius 1 is 1.21 bits per heavy atom. The van der Waals surface area contributed by atoms with Gasteiger partial charge in [0.05, 0.1) is 42.2 Å². The molecule has 1 N–H and O–H groups in total. The van der Waals surface area contributed by atoms with Crippen LogP contribution in [-0.2, 0) is 4.79 Å². The Kier molecular flexibility index (Phi) is 5.29. The molecule has 3 aromatic rings. The largest absolute Gasteiger partial charge is 0.492 e. The van der Waals surface area contributed by atoms with E-state index in [1.807, 2.05) is 29.8 Å². The van der Waals surface area contributed by atoms with Crippen LogP contribution in [0.2, 0.25) is 0 Å². The van der Waals surface area contributed by atoms with E-state index in [-0.39, 0.29) is 5.91 Å². The summed E-state index contributed by atoms with van der Waals surface area (Å²) in [5.74, 6) is 2.25. The molecular weight excluding hydrogens is 378 g/mol. The molecule has 1 fully saturated rings. The van der Waals surface area contributed by atoms with Gasteiger partial charge in [0.15, 0.2) is 5.75 Å². The molecule has 1 aliphatic rings. The van der Waals surface area contributed by atoms with Crippen molar-refractivity contribution in [1.82, 2.24) is 15.3 Å². The molecule has 1 saturated heterocycles. The molecule has 0 radical (unpaired) electrons. The number of pyridine rings is 1. The summed E-state index contributed by atoms with van der Waals surface area (Å²) in [4.78, 5) is 20.3. The number of methoxy groups -OCH3 is 2. The summed E-state index contributed by atoms with van der Waals surface area (Å²) in [6, 6.07) is 7.69. The van der Waals surface area contributed by atoms with Crippen molar-refractivity contribution in [3.05, 3.63) is 29.8 Å². The number of hydrogen-bond acceptors (Lipinski definition) is 7. The standard InChI is InChI=1S/C20H21N3O4S/c1-25-16-4-3-14(23-20(16)26-2)13-8-15-19(28-11-22-15)17(9-13)27-6-5-12-7-18(24)21-10-12/h3-4,8-9,11-12H,5-7,10H2,1-2H3,(H,21,24)/t12-/m1/s1. The van der Waals surface area contributed by atoms with Crippen molar-refractivity contribution in [2.24, 2.45) is 5.92 Å². The lowest BCUT2D eigenvalue weighted by Gasteiger charge is -2.12. The first kappa shape index (κ1) is 18.5. The van der Waals surface area contributed by atoms with Crippen LogP contribution >= 0.6 is 11.3 Å². The molecular formula is C20H21N3O4S. The highest BCUT2D eigenvalue weighted by molar-refractivity contribution is 7.17. The van der Waals surface area contributed by atoms with Crippen LogP contribution in [0.5, 0.6) is 17.4 Å². The van der Waals surface area contributed by atoms with Crippen LogP contribution in [0.25, 0.3) is 21.5 Å². The van der Waals surface area contributed by atoms with E-state index in [0.29, 0.717) is 30.6 Å². The van der Waals surface area contributed by atoms with Gasteiger partial charge in [-0.3, -0.25) is 4.79 Å². The Morgan fingerprint density at radius 2 is 2.11 bits per heavy atom. The average Bonchev–Trinajstić information content (AvgIpc) is 3.36. The van der Waals surface area contributed by atoms with Gasteiger partial charge in [0.1, 0.15) is 5.75 Å². The number of carbonyl (C=O) groups is 1. The van der Waals surface area contributed by atoms with E-state index in [2.05, 4.69) is 15.3 Å². The number of benzene rings is 1. The van der Waals surface area contributed by atoms with Gasteiger partial charge in [-0.25, -0.2) is 9.97 Å². The number of rotatable bonds is 7. The monoisotopic (exact) mass is 399 g/mol. The van der Waals surface area contributed by atoms with Crippen molar-refractivity contribution in [3.63, 3.8) is 0 Å². The number of fused-ring (bicyclic) bond motifs is 1. The normalized spacial score (nSPS) is 16.2. The van der Waals surface area contributed by atoms with Crippen molar-refractivity contribution in [1.29, 1.82) is 0 Å². The van der Waals surface area contributed by atoms with Gasteiger partial charge in [-0.2, -0.15) is 0 Å². The first-order chi connectivity index (χ1) is 13.7. The van der Waals surface area contributed by atoms with E-state index in [4.69, 9.17) is 14.2 Å². The van der Waals surface area contributed by atoms with Crippen molar-refractivity contribution in [2.45, 2.75) is 12.8 Å². The summed E-state index contributed by atoms with van der Waals surface area (Å²) >= 11 is 1.55. The molecule has 0 saturated carbocycles. The summed E-state index contributed by atoms with van der Waals surface area (Å²) < 4.78 is 17.7. The van der Waals surface area contributed by atoms with Gasteiger partial charge >= 0.3 is 0 Å². The van der Waals surface area contributed by atoms with Crippen LogP contribution in [0.1, 0.15) is 12.8 Å². The van der Waals surface area contributed by atoms with E-state index >= 15 is 0 Å². The fraction of sp³-hybridized carbons (Fsp3) is 0.350. The highest BCUT2D eigenvalue weighted by atomic mass is 32.1. The fourth-order valence-electron chi connectivity index (χ4n) is 3.29. The Hall–Kier alpha value is -2.87. The van der Waals surface area contributed by atoms with E-state index < -0.39 is 0 Å². The minimum atomic E-state index is 0.122. The molecule has 7 nitrogen and oxygen atoms in total. The molecule has 1 aromatic carbocycles. The lowest BCUT2D eigenvalue weighted by molar-refractivity contribution is -0.119. The van der Waals surface area contributed by atoms with Gasteiger partial charge < -0.3 is 19.5 Å². The highest BCUT2D eigenvalue weighted by Crippen LogP contribution is 2.36. The van der Waals surface area contributed by atoms with E-state index in [9.17, 15) is 4.79 Å². The van der Waals surface area contributed by atoms with Gasteiger partial charge in [0, 0.05) is 18.5 Å². The molecule has 3 heterocycles. The number of aromatic nitrogens is 2. The topological polar surface area (TPSA) is 82.6 Å². The number of ether oxygens (including phenoxy) is 3. The first-order valence-corrected chi connectivity index (χ1v) is 9.92. The Morgan fingerprint density at radius 3 is 2.86 bits per heavy atom. The van der Waals surface area contributed by atoms with Gasteiger partial charge in [-0.05, 0) is 36.6 Å². The highest BCUT2D eigenvalue weighted by Gasteiger charge is 2.21. The molecule has 28 heavy (non-hydrogen) atoms. The maximum absolute atomic E-state index is 11.3. The average molecular weight is 399 g/mol. The summed E-state index contributed by atoms with van der Waals surface area (Å²) in [5.41, 5.74) is 4.32. The summed E-state index contributed by atoms with van der Waals surface area (Å²) in [5, 5.41) is 2.86. The molecule has 2 aromatic heterocycles. The van der Waals surface area contributed by atoms with Crippen LogP contribution in [0.15, 0.2) is 29.8 Å². The fourth-order valence-corrected chi connectivity index (χ4v) is 4.03. The third-order valence-corrected chi connectivity index (χ3v) is 5.63. The Labute approximate surface area is 166 Å². The molecule has 1 aliphatic heterocycles. The zero-order chi connectivity index (χ0) is 19.5. The van der Waals surface area contributed by atoms with Gasteiger partial charge in [0.2, 0.25) is 5.91 Å². The molecule has 146 valence electrons.